The lowest BCUT2D eigenvalue weighted by molar-refractivity contribution is -0.139. The third-order valence-corrected chi connectivity index (χ3v) is 3.49. The molecule has 3 nitrogen and oxygen atoms in total. The number of esters is 1. The molecular weight excluding hydrogens is 238 g/mol. The molecule has 92 valence electrons. The topological polar surface area (TPSA) is 38.3 Å². The van der Waals surface area contributed by atoms with Gasteiger partial charge >= 0.3 is 5.97 Å². The molecule has 1 saturated carbocycles. The van der Waals surface area contributed by atoms with Crippen LogP contribution in [-0.4, -0.2) is 25.7 Å². The highest BCUT2D eigenvalue weighted by molar-refractivity contribution is 6.30. The molecule has 0 unspecified atom stereocenters. The lowest BCUT2D eigenvalue weighted by Crippen LogP contribution is -2.42. The summed E-state index contributed by atoms with van der Waals surface area (Å²) in [5, 5.41) is 3.95. The molecular formula is C13H16ClNO2. The van der Waals surface area contributed by atoms with Crippen LogP contribution in [0.3, 0.4) is 0 Å². The normalized spacial score (nSPS) is 22.9. The Labute approximate surface area is 106 Å². The maximum atomic E-state index is 10.9. The first kappa shape index (κ1) is 12.4. The molecule has 2 rings (SSSR count). The third kappa shape index (κ3) is 3.20. The number of ether oxygens (including phenoxy) is 1. The van der Waals surface area contributed by atoms with Crippen molar-refractivity contribution in [3.05, 3.63) is 34.9 Å². The van der Waals surface area contributed by atoms with E-state index in [0.29, 0.717) is 18.5 Å². The number of methoxy groups -OCH3 is 1. The van der Waals surface area contributed by atoms with Crippen molar-refractivity contribution in [3.63, 3.8) is 0 Å². The molecule has 17 heavy (non-hydrogen) atoms. The zero-order valence-electron chi connectivity index (χ0n) is 9.78. The molecule has 1 aromatic carbocycles. The number of rotatable bonds is 4. The van der Waals surface area contributed by atoms with Crippen LogP contribution in [0.25, 0.3) is 0 Å². The van der Waals surface area contributed by atoms with Gasteiger partial charge in [0.25, 0.3) is 0 Å². The fraction of sp³-hybridized carbons (Fsp3) is 0.462. The summed E-state index contributed by atoms with van der Waals surface area (Å²) in [6.07, 6.45) is 2.14. The van der Waals surface area contributed by atoms with Crippen LogP contribution in [0.5, 0.6) is 0 Å². The van der Waals surface area contributed by atoms with Crippen molar-refractivity contribution in [3.8, 4) is 0 Å². The smallest absolute Gasteiger partial charge is 0.319 e. The number of halogens is 1. The van der Waals surface area contributed by atoms with Gasteiger partial charge in [-0.1, -0.05) is 23.7 Å². The molecule has 1 fully saturated rings. The van der Waals surface area contributed by atoms with Crippen LogP contribution in [0.4, 0.5) is 0 Å². The monoisotopic (exact) mass is 253 g/mol. The minimum atomic E-state index is -0.208. The van der Waals surface area contributed by atoms with Gasteiger partial charge in [0.1, 0.15) is 0 Å². The minimum Gasteiger partial charge on any atom is -0.468 e. The molecule has 4 heteroatoms. The SMILES string of the molecule is COC(=O)CNC1CC(c2ccc(Cl)cc2)C1. The minimum absolute atomic E-state index is 0.208. The van der Waals surface area contributed by atoms with E-state index >= 15 is 0 Å². The highest BCUT2D eigenvalue weighted by atomic mass is 35.5. The zero-order valence-corrected chi connectivity index (χ0v) is 10.5. The van der Waals surface area contributed by atoms with Crippen LogP contribution < -0.4 is 5.32 Å². The van der Waals surface area contributed by atoms with Crippen LogP contribution in [-0.2, 0) is 9.53 Å². The highest BCUT2D eigenvalue weighted by Crippen LogP contribution is 2.37. The number of carbonyl (C=O) groups is 1. The fourth-order valence-electron chi connectivity index (χ4n) is 2.09. The van der Waals surface area contributed by atoms with Crippen LogP contribution in [0, 0.1) is 0 Å². The summed E-state index contributed by atoms with van der Waals surface area (Å²) in [6, 6.07) is 8.42. The highest BCUT2D eigenvalue weighted by Gasteiger charge is 2.30. The van der Waals surface area contributed by atoms with Crippen LogP contribution >= 0.6 is 11.6 Å². The Morgan fingerprint density at radius 1 is 1.41 bits per heavy atom. The molecule has 0 heterocycles. The van der Waals surface area contributed by atoms with E-state index in [1.165, 1.54) is 12.7 Å². The molecule has 1 aliphatic carbocycles. The predicted octanol–water partition coefficient (Wildman–Crippen LogP) is 2.35. The van der Waals surface area contributed by atoms with Crippen molar-refractivity contribution in [2.45, 2.75) is 24.8 Å². The standard InChI is InChI=1S/C13H16ClNO2/c1-17-13(16)8-15-12-6-10(7-12)9-2-4-11(14)5-3-9/h2-5,10,12,15H,6-8H2,1H3. The van der Waals surface area contributed by atoms with Gasteiger partial charge in [-0.2, -0.15) is 0 Å². The Hall–Kier alpha value is -1.06. The molecule has 0 atom stereocenters. The summed E-state index contributed by atoms with van der Waals surface area (Å²) < 4.78 is 4.58. The van der Waals surface area contributed by atoms with Crippen molar-refractivity contribution < 1.29 is 9.53 Å². The van der Waals surface area contributed by atoms with Crippen LogP contribution in [0.1, 0.15) is 24.3 Å². The molecule has 1 aromatic rings. The average Bonchev–Trinajstić information content (AvgIpc) is 2.29. The van der Waals surface area contributed by atoms with E-state index in [1.54, 1.807) is 0 Å². The first-order chi connectivity index (χ1) is 8.19. The number of benzene rings is 1. The maximum Gasteiger partial charge on any atom is 0.319 e. The van der Waals surface area contributed by atoms with Crippen molar-refractivity contribution in [2.24, 2.45) is 0 Å². The first-order valence-corrected chi connectivity index (χ1v) is 6.12. The number of carbonyl (C=O) groups excluding carboxylic acids is 1. The van der Waals surface area contributed by atoms with Crippen LogP contribution in [0.2, 0.25) is 5.02 Å². The van der Waals surface area contributed by atoms with Crippen molar-refractivity contribution in [1.29, 1.82) is 0 Å². The van der Waals surface area contributed by atoms with Gasteiger partial charge in [-0.05, 0) is 36.5 Å². The first-order valence-electron chi connectivity index (χ1n) is 5.74. The van der Waals surface area contributed by atoms with E-state index in [2.05, 4.69) is 22.2 Å². The molecule has 0 aromatic heterocycles. The summed E-state index contributed by atoms with van der Waals surface area (Å²) in [4.78, 5) is 10.9. The number of nitrogens with one attached hydrogen (secondary N) is 1. The molecule has 1 N–H and O–H groups in total. The molecule has 0 aliphatic heterocycles. The van der Waals surface area contributed by atoms with E-state index in [4.69, 9.17) is 11.6 Å². The Kier molecular flexibility index (Phi) is 4.02. The Balaban J connectivity index is 1.75. The second kappa shape index (κ2) is 5.52. The van der Waals surface area contributed by atoms with E-state index in [9.17, 15) is 4.79 Å². The number of hydrogen-bond acceptors (Lipinski definition) is 3. The average molecular weight is 254 g/mol. The van der Waals surface area contributed by atoms with E-state index in [1.807, 2.05) is 12.1 Å². The van der Waals surface area contributed by atoms with Gasteiger partial charge in [0, 0.05) is 11.1 Å². The third-order valence-electron chi connectivity index (χ3n) is 3.24. The van der Waals surface area contributed by atoms with Gasteiger partial charge in [0.05, 0.1) is 13.7 Å². The molecule has 0 radical (unpaired) electrons. The molecule has 0 bridgehead atoms. The lowest BCUT2D eigenvalue weighted by atomic mass is 9.76. The van der Waals surface area contributed by atoms with Crippen molar-refractivity contribution in [2.75, 3.05) is 13.7 Å². The maximum absolute atomic E-state index is 10.9. The van der Waals surface area contributed by atoms with Gasteiger partial charge in [0.2, 0.25) is 0 Å². The predicted molar refractivity (Wildman–Crippen MR) is 67.2 cm³/mol. The van der Waals surface area contributed by atoms with Gasteiger partial charge < -0.3 is 10.1 Å². The van der Waals surface area contributed by atoms with Crippen molar-refractivity contribution >= 4 is 17.6 Å². The molecule has 1 aliphatic rings. The summed E-state index contributed by atoms with van der Waals surface area (Å²) >= 11 is 5.84. The van der Waals surface area contributed by atoms with Gasteiger partial charge in [-0.25, -0.2) is 0 Å². The Morgan fingerprint density at radius 2 is 2.06 bits per heavy atom. The van der Waals surface area contributed by atoms with Gasteiger partial charge in [-0.15, -0.1) is 0 Å². The summed E-state index contributed by atoms with van der Waals surface area (Å²) in [5.41, 5.74) is 1.32. The zero-order chi connectivity index (χ0) is 12.3. The molecule has 0 saturated heterocycles. The van der Waals surface area contributed by atoms with Gasteiger partial charge in [0.15, 0.2) is 0 Å². The second-order valence-electron chi connectivity index (χ2n) is 4.37. The summed E-state index contributed by atoms with van der Waals surface area (Å²) in [7, 11) is 1.40. The molecule has 0 spiro atoms. The van der Waals surface area contributed by atoms with Crippen molar-refractivity contribution in [1.82, 2.24) is 5.32 Å². The summed E-state index contributed by atoms with van der Waals surface area (Å²) in [6.45, 7) is 0.300. The Bertz CT molecular complexity index is 385. The van der Waals surface area contributed by atoms with Crippen LogP contribution in [0.15, 0.2) is 24.3 Å². The number of hydrogen-bond donors (Lipinski definition) is 1. The second-order valence-corrected chi connectivity index (χ2v) is 4.81. The van der Waals surface area contributed by atoms with E-state index in [0.717, 1.165) is 17.9 Å². The lowest BCUT2D eigenvalue weighted by Gasteiger charge is -2.36. The molecule has 0 amide bonds. The largest absolute Gasteiger partial charge is 0.468 e. The summed E-state index contributed by atoms with van der Waals surface area (Å²) in [5.74, 6) is 0.377. The van der Waals surface area contributed by atoms with Gasteiger partial charge in [-0.3, -0.25) is 4.79 Å². The quantitative estimate of drug-likeness (QED) is 0.838. The van der Waals surface area contributed by atoms with E-state index in [-0.39, 0.29) is 5.97 Å². The Morgan fingerprint density at radius 3 is 2.65 bits per heavy atom. The van der Waals surface area contributed by atoms with E-state index < -0.39 is 0 Å². The fourth-order valence-corrected chi connectivity index (χ4v) is 2.22.